The maximum absolute atomic E-state index is 12.8. The first-order valence-corrected chi connectivity index (χ1v) is 10.7. The van der Waals surface area contributed by atoms with Crippen molar-refractivity contribution >= 4 is 21.6 Å². The van der Waals surface area contributed by atoms with Crippen LogP contribution in [0.2, 0.25) is 0 Å². The number of anilines is 1. The normalized spacial score (nSPS) is 15.1. The molecule has 1 amide bonds. The fourth-order valence-corrected chi connectivity index (χ4v) is 3.63. The van der Waals surface area contributed by atoms with Gasteiger partial charge >= 0.3 is 0 Å². The molecule has 1 unspecified atom stereocenters. The average molecular weight is 388 g/mol. The molecule has 1 fully saturated rings. The summed E-state index contributed by atoms with van der Waals surface area (Å²) in [4.78, 5) is 12.8. The Labute approximate surface area is 160 Å². The van der Waals surface area contributed by atoms with E-state index >= 15 is 0 Å². The van der Waals surface area contributed by atoms with Gasteiger partial charge in [-0.3, -0.25) is 9.52 Å². The molecule has 0 aromatic heterocycles. The van der Waals surface area contributed by atoms with Crippen LogP contribution >= 0.6 is 0 Å². The second kappa shape index (κ2) is 7.60. The number of benzene rings is 2. The number of ether oxygens (including phenoxy) is 1. The first-order chi connectivity index (χ1) is 12.8. The Morgan fingerprint density at radius 3 is 2.37 bits per heavy atom. The standard InChI is InChI=1S/C20H24N2O4S/c1-13-4-5-16(12-18(13)22-27(3,24)25)20(23)21-19(14-6-7-14)15-8-10-17(26-2)11-9-15/h4-5,8-12,14,19,22H,6-7H2,1-3H3,(H,21,23). The molecule has 0 radical (unpaired) electrons. The zero-order valence-electron chi connectivity index (χ0n) is 15.7. The highest BCUT2D eigenvalue weighted by atomic mass is 32.2. The Balaban J connectivity index is 1.81. The van der Waals surface area contributed by atoms with E-state index in [9.17, 15) is 13.2 Å². The lowest BCUT2D eigenvalue weighted by Crippen LogP contribution is -2.30. The first kappa shape index (κ1) is 19.2. The second-order valence-corrected chi connectivity index (χ2v) is 8.71. The fourth-order valence-electron chi connectivity index (χ4n) is 3.01. The lowest BCUT2D eigenvalue weighted by Gasteiger charge is -2.20. The Hall–Kier alpha value is -2.54. The number of nitrogens with one attached hydrogen (secondary N) is 2. The van der Waals surface area contributed by atoms with Gasteiger partial charge in [-0.15, -0.1) is 0 Å². The van der Waals surface area contributed by atoms with Crippen molar-refractivity contribution in [2.24, 2.45) is 5.92 Å². The van der Waals surface area contributed by atoms with E-state index in [0.29, 0.717) is 17.2 Å². The van der Waals surface area contributed by atoms with Crippen LogP contribution in [-0.4, -0.2) is 27.7 Å². The van der Waals surface area contributed by atoms with Gasteiger partial charge in [-0.05, 0) is 61.1 Å². The van der Waals surface area contributed by atoms with Gasteiger partial charge in [0, 0.05) is 5.56 Å². The highest BCUT2D eigenvalue weighted by Gasteiger charge is 2.33. The van der Waals surface area contributed by atoms with Gasteiger partial charge in [0.05, 0.1) is 25.1 Å². The molecule has 27 heavy (non-hydrogen) atoms. The van der Waals surface area contributed by atoms with Crippen molar-refractivity contribution in [2.45, 2.75) is 25.8 Å². The van der Waals surface area contributed by atoms with E-state index in [4.69, 9.17) is 4.74 Å². The fraction of sp³-hybridized carbons (Fsp3) is 0.350. The van der Waals surface area contributed by atoms with Crippen LogP contribution in [0.1, 0.15) is 40.4 Å². The minimum atomic E-state index is -3.41. The van der Waals surface area contributed by atoms with Crippen molar-refractivity contribution in [3.8, 4) is 5.75 Å². The van der Waals surface area contributed by atoms with E-state index in [1.807, 2.05) is 24.3 Å². The van der Waals surface area contributed by atoms with E-state index in [1.165, 1.54) is 0 Å². The number of aryl methyl sites for hydroxylation is 1. The van der Waals surface area contributed by atoms with E-state index in [1.54, 1.807) is 32.2 Å². The number of hydrogen-bond donors (Lipinski definition) is 2. The molecule has 6 nitrogen and oxygen atoms in total. The van der Waals surface area contributed by atoms with Crippen LogP contribution in [0.4, 0.5) is 5.69 Å². The van der Waals surface area contributed by atoms with Gasteiger partial charge in [-0.1, -0.05) is 18.2 Å². The number of sulfonamides is 1. The Kier molecular flexibility index (Phi) is 5.41. The molecule has 1 aliphatic rings. The molecule has 0 heterocycles. The maximum atomic E-state index is 12.8. The summed E-state index contributed by atoms with van der Waals surface area (Å²) >= 11 is 0. The Morgan fingerprint density at radius 2 is 1.81 bits per heavy atom. The van der Waals surface area contributed by atoms with Crippen LogP contribution in [0.25, 0.3) is 0 Å². The minimum Gasteiger partial charge on any atom is -0.497 e. The summed E-state index contributed by atoms with van der Waals surface area (Å²) in [7, 11) is -1.79. The van der Waals surface area contributed by atoms with Crippen molar-refractivity contribution in [3.05, 3.63) is 59.2 Å². The molecule has 3 rings (SSSR count). The van der Waals surface area contributed by atoms with Crippen LogP contribution in [0.3, 0.4) is 0 Å². The predicted molar refractivity (Wildman–Crippen MR) is 106 cm³/mol. The molecule has 7 heteroatoms. The highest BCUT2D eigenvalue weighted by Crippen LogP contribution is 2.41. The number of methoxy groups -OCH3 is 1. The molecule has 1 saturated carbocycles. The van der Waals surface area contributed by atoms with Gasteiger partial charge in [0.2, 0.25) is 10.0 Å². The van der Waals surface area contributed by atoms with Crippen LogP contribution in [0.5, 0.6) is 5.75 Å². The van der Waals surface area contributed by atoms with E-state index < -0.39 is 10.0 Å². The third kappa shape index (κ3) is 5.01. The van der Waals surface area contributed by atoms with Crippen LogP contribution in [-0.2, 0) is 10.0 Å². The van der Waals surface area contributed by atoms with Gasteiger partial charge in [0.25, 0.3) is 5.91 Å². The van der Waals surface area contributed by atoms with Crippen LogP contribution < -0.4 is 14.8 Å². The van der Waals surface area contributed by atoms with Gasteiger partial charge in [-0.2, -0.15) is 0 Å². The molecule has 1 atom stereocenters. The van der Waals surface area contributed by atoms with Crippen molar-refractivity contribution in [1.29, 1.82) is 0 Å². The summed E-state index contributed by atoms with van der Waals surface area (Å²) in [5.74, 6) is 0.968. The first-order valence-electron chi connectivity index (χ1n) is 8.80. The van der Waals surface area contributed by atoms with Crippen LogP contribution in [0, 0.1) is 12.8 Å². The van der Waals surface area contributed by atoms with Crippen molar-refractivity contribution < 1.29 is 17.9 Å². The van der Waals surface area contributed by atoms with Gasteiger partial charge in [0.15, 0.2) is 0 Å². The number of amides is 1. The average Bonchev–Trinajstić information content (AvgIpc) is 3.45. The third-order valence-corrected chi connectivity index (χ3v) is 5.24. The summed E-state index contributed by atoms with van der Waals surface area (Å²) in [6, 6.07) is 12.6. The number of hydrogen-bond acceptors (Lipinski definition) is 4. The van der Waals surface area contributed by atoms with E-state index in [-0.39, 0.29) is 11.9 Å². The molecule has 144 valence electrons. The lowest BCUT2D eigenvalue weighted by atomic mass is 10.0. The molecule has 2 aromatic rings. The quantitative estimate of drug-likeness (QED) is 0.762. The van der Waals surface area contributed by atoms with E-state index in [0.717, 1.165) is 36.0 Å². The molecule has 2 N–H and O–H groups in total. The molecular weight excluding hydrogens is 364 g/mol. The molecule has 0 bridgehead atoms. The molecular formula is C20H24N2O4S. The number of carbonyl (C=O) groups is 1. The highest BCUT2D eigenvalue weighted by molar-refractivity contribution is 7.92. The van der Waals surface area contributed by atoms with Crippen molar-refractivity contribution in [1.82, 2.24) is 5.32 Å². The van der Waals surface area contributed by atoms with Crippen molar-refractivity contribution in [2.75, 3.05) is 18.1 Å². The third-order valence-electron chi connectivity index (χ3n) is 4.65. The lowest BCUT2D eigenvalue weighted by molar-refractivity contribution is 0.0931. The summed E-state index contributed by atoms with van der Waals surface area (Å²) in [5, 5.41) is 3.10. The molecule has 0 saturated heterocycles. The summed E-state index contributed by atoms with van der Waals surface area (Å²) in [5.41, 5.74) is 2.63. The molecule has 0 spiro atoms. The predicted octanol–water partition coefficient (Wildman–Crippen LogP) is 3.26. The Bertz CT molecular complexity index is 935. The topological polar surface area (TPSA) is 84.5 Å². The molecule has 2 aromatic carbocycles. The molecule has 1 aliphatic carbocycles. The van der Waals surface area contributed by atoms with Crippen molar-refractivity contribution in [3.63, 3.8) is 0 Å². The number of rotatable bonds is 7. The smallest absolute Gasteiger partial charge is 0.251 e. The monoisotopic (exact) mass is 388 g/mol. The Morgan fingerprint density at radius 1 is 1.15 bits per heavy atom. The van der Waals surface area contributed by atoms with Crippen LogP contribution in [0.15, 0.2) is 42.5 Å². The summed E-state index contributed by atoms with van der Waals surface area (Å²) in [6.45, 7) is 1.79. The van der Waals surface area contributed by atoms with Gasteiger partial charge < -0.3 is 10.1 Å². The largest absolute Gasteiger partial charge is 0.497 e. The van der Waals surface area contributed by atoms with E-state index in [2.05, 4.69) is 10.0 Å². The SMILES string of the molecule is COc1ccc(C(NC(=O)c2ccc(C)c(NS(C)(=O)=O)c2)C2CC2)cc1. The summed E-state index contributed by atoms with van der Waals surface area (Å²) < 4.78 is 30.7. The number of carbonyl (C=O) groups excluding carboxylic acids is 1. The zero-order valence-corrected chi connectivity index (χ0v) is 16.5. The summed E-state index contributed by atoms with van der Waals surface area (Å²) in [6.07, 6.45) is 3.24. The minimum absolute atomic E-state index is 0.0731. The molecule has 0 aliphatic heterocycles. The maximum Gasteiger partial charge on any atom is 0.251 e. The van der Waals surface area contributed by atoms with Gasteiger partial charge in [-0.25, -0.2) is 8.42 Å². The second-order valence-electron chi connectivity index (χ2n) is 6.97. The zero-order chi connectivity index (χ0) is 19.6. The van der Waals surface area contributed by atoms with Gasteiger partial charge in [0.1, 0.15) is 5.75 Å².